The van der Waals surface area contributed by atoms with E-state index < -0.39 is 4.92 Å². The van der Waals surface area contributed by atoms with Crippen LogP contribution in [0.2, 0.25) is 0 Å². The number of hydrogen-bond acceptors (Lipinski definition) is 5. The molecule has 0 saturated carbocycles. The molecule has 0 heterocycles. The number of amides is 1. The molecule has 0 atom stereocenters. The van der Waals surface area contributed by atoms with Gasteiger partial charge in [-0.15, -0.1) is 0 Å². The number of non-ortho nitro benzene ring substituents is 1. The van der Waals surface area contributed by atoms with Crippen LogP contribution in [0.4, 0.5) is 5.69 Å². The SMILES string of the molecule is O=C(Cc1cccc([N+](=O)[O-])c1)N(CCO)CCO. The lowest BCUT2D eigenvalue weighted by atomic mass is 10.1. The predicted octanol–water partition coefficient (Wildman–Crippen LogP) is -0.0495. The third-order valence-electron chi connectivity index (χ3n) is 2.57. The van der Waals surface area contributed by atoms with Crippen molar-refractivity contribution < 1.29 is 19.9 Å². The smallest absolute Gasteiger partial charge is 0.269 e. The fourth-order valence-corrected chi connectivity index (χ4v) is 1.67. The standard InChI is InChI=1S/C12H16N2O5/c15-6-4-13(5-7-16)12(17)9-10-2-1-3-11(8-10)14(18)19/h1-3,8,15-16H,4-7,9H2. The van der Waals surface area contributed by atoms with E-state index in [2.05, 4.69) is 0 Å². The van der Waals surface area contributed by atoms with Gasteiger partial charge in [0.15, 0.2) is 0 Å². The van der Waals surface area contributed by atoms with Crippen LogP contribution in [0, 0.1) is 10.1 Å². The lowest BCUT2D eigenvalue weighted by Gasteiger charge is -2.20. The van der Waals surface area contributed by atoms with Crippen molar-refractivity contribution in [2.75, 3.05) is 26.3 Å². The molecule has 0 fully saturated rings. The highest BCUT2D eigenvalue weighted by molar-refractivity contribution is 5.79. The minimum Gasteiger partial charge on any atom is -0.395 e. The van der Waals surface area contributed by atoms with Gasteiger partial charge in [-0.2, -0.15) is 0 Å². The van der Waals surface area contributed by atoms with Crippen LogP contribution in [0.1, 0.15) is 5.56 Å². The molecule has 0 unspecified atom stereocenters. The summed E-state index contributed by atoms with van der Waals surface area (Å²) in [6, 6.07) is 5.84. The number of aliphatic hydroxyl groups excluding tert-OH is 2. The lowest BCUT2D eigenvalue weighted by Crippen LogP contribution is -2.36. The minimum absolute atomic E-state index is 0.00167. The van der Waals surface area contributed by atoms with Crippen molar-refractivity contribution in [3.05, 3.63) is 39.9 Å². The van der Waals surface area contributed by atoms with E-state index in [0.717, 1.165) is 0 Å². The second-order valence-corrected chi connectivity index (χ2v) is 3.93. The van der Waals surface area contributed by atoms with Crippen molar-refractivity contribution >= 4 is 11.6 Å². The highest BCUT2D eigenvalue weighted by Crippen LogP contribution is 2.14. The van der Waals surface area contributed by atoms with Gasteiger partial charge in [-0.25, -0.2) is 0 Å². The molecule has 0 aliphatic carbocycles. The molecule has 0 spiro atoms. The zero-order valence-electron chi connectivity index (χ0n) is 10.4. The molecular formula is C12H16N2O5. The summed E-state index contributed by atoms with van der Waals surface area (Å²) in [6.07, 6.45) is 0.00167. The topological polar surface area (TPSA) is 104 Å². The maximum Gasteiger partial charge on any atom is 0.269 e. The van der Waals surface area contributed by atoms with Crippen molar-refractivity contribution in [2.45, 2.75) is 6.42 Å². The number of nitro benzene ring substituents is 1. The highest BCUT2D eigenvalue weighted by Gasteiger charge is 2.14. The third-order valence-corrected chi connectivity index (χ3v) is 2.57. The monoisotopic (exact) mass is 268 g/mol. The first-order valence-electron chi connectivity index (χ1n) is 5.81. The Morgan fingerprint density at radius 1 is 1.26 bits per heavy atom. The molecule has 1 aromatic carbocycles. The summed E-state index contributed by atoms with van der Waals surface area (Å²) in [5.41, 5.74) is 0.459. The van der Waals surface area contributed by atoms with Crippen molar-refractivity contribution in [1.82, 2.24) is 4.90 Å². The van der Waals surface area contributed by atoms with E-state index >= 15 is 0 Å². The van der Waals surface area contributed by atoms with Crippen molar-refractivity contribution in [2.24, 2.45) is 0 Å². The summed E-state index contributed by atoms with van der Waals surface area (Å²) in [6.45, 7) is -0.121. The molecule has 7 heteroatoms. The molecule has 0 aromatic heterocycles. The van der Waals surface area contributed by atoms with Crippen molar-refractivity contribution in [1.29, 1.82) is 0 Å². The van der Waals surface area contributed by atoms with E-state index in [4.69, 9.17) is 10.2 Å². The second kappa shape index (κ2) is 7.45. The third kappa shape index (κ3) is 4.65. The fourth-order valence-electron chi connectivity index (χ4n) is 1.67. The predicted molar refractivity (Wildman–Crippen MR) is 67.6 cm³/mol. The molecule has 0 bridgehead atoms. The fraction of sp³-hybridized carbons (Fsp3) is 0.417. The van der Waals surface area contributed by atoms with Gasteiger partial charge in [0.1, 0.15) is 0 Å². The zero-order chi connectivity index (χ0) is 14.3. The molecule has 104 valence electrons. The molecule has 19 heavy (non-hydrogen) atoms. The Labute approximate surface area is 110 Å². The summed E-state index contributed by atoms with van der Waals surface area (Å²) >= 11 is 0. The summed E-state index contributed by atoms with van der Waals surface area (Å²) in [4.78, 5) is 23.3. The number of benzene rings is 1. The van der Waals surface area contributed by atoms with Crippen LogP contribution >= 0.6 is 0 Å². The number of hydrogen-bond donors (Lipinski definition) is 2. The van der Waals surface area contributed by atoms with Gasteiger partial charge < -0.3 is 15.1 Å². The molecule has 1 amide bonds. The van der Waals surface area contributed by atoms with Gasteiger partial charge in [-0.05, 0) is 5.56 Å². The lowest BCUT2D eigenvalue weighted by molar-refractivity contribution is -0.384. The molecule has 0 saturated heterocycles. The zero-order valence-corrected chi connectivity index (χ0v) is 10.4. The Bertz CT molecular complexity index is 444. The molecule has 1 aromatic rings. The van der Waals surface area contributed by atoms with E-state index in [9.17, 15) is 14.9 Å². The van der Waals surface area contributed by atoms with Crippen LogP contribution in [0.5, 0.6) is 0 Å². The summed E-state index contributed by atoms with van der Waals surface area (Å²) in [5.74, 6) is -0.288. The van der Waals surface area contributed by atoms with Gasteiger partial charge in [0.25, 0.3) is 5.69 Å². The van der Waals surface area contributed by atoms with Gasteiger partial charge in [0.05, 0.1) is 24.6 Å². The van der Waals surface area contributed by atoms with Crippen LogP contribution in [0.25, 0.3) is 0 Å². The number of aliphatic hydroxyl groups is 2. The maximum atomic E-state index is 11.9. The molecular weight excluding hydrogens is 252 g/mol. The highest BCUT2D eigenvalue weighted by atomic mass is 16.6. The largest absolute Gasteiger partial charge is 0.395 e. The maximum absolute atomic E-state index is 11.9. The van der Waals surface area contributed by atoms with Gasteiger partial charge in [-0.1, -0.05) is 12.1 Å². The summed E-state index contributed by atoms with van der Waals surface area (Å²) in [5, 5.41) is 28.3. The van der Waals surface area contributed by atoms with E-state index in [0.29, 0.717) is 5.56 Å². The average Bonchev–Trinajstić information content (AvgIpc) is 2.38. The Hall–Kier alpha value is -1.99. The van der Waals surface area contributed by atoms with Gasteiger partial charge in [0, 0.05) is 25.2 Å². The van der Waals surface area contributed by atoms with Gasteiger partial charge in [-0.3, -0.25) is 14.9 Å². The normalized spacial score (nSPS) is 10.2. The number of nitro groups is 1. The molecule has 0 aliphatic heterocycles. The van der Waals surface area contributed by atoms with Gasteiger partial charge in [0.2, 0.25) is 5.91 Å². The summed E-state index contributed by atoms with van der Waals surface area (Å²) in [7, 11) is 0. The Kier molecular flexibility index (Phi) is 5.91. The molecule has 7 nitrogen and oxygen atoms in total. The quantitative estimate of drug-likeness (QED) is 0.533. The summed E-state index contributed by atoms with van der Waals surface area (Å²) < 4.78 is 0. The molecule has 0 radical (unpaired) electrons. The van der Waals surface area contributed by atoms with E-state index in [1.807, 2.05) is 0 Å². The number of carbonyl (C=O) groups excluding carboxylic acids is 1. The first kappa shape index (κ1) is 15.1. The average molecular weight is 268 g/mol. The number of nitrogens with zero attached hydrogens (tertiary/aromatic N) is 2. The van der Waals surface area contributed by atoms with Crippen LogP contribution in [-0.4, -0.2) is 52.2 Å². The van der Waals surface area contributed by atoms with Crippen LogP contribution in [-0.2, 0) is 11.2 Å². The Balaban J connectivity index is 2.74. The number of rotatable bonds is 7. The van der Waals surface area contributed by atoms with E-state index in [-0.39, 0.29) is 44.3 Å². The first-order chi connectivity index (χ1) is 9.08. The van der Waals surface area contributed by atoms with Crippen LogP contribution in [0.15, 0.2) is 24.3 Å². The molecule has 0 aliphatic rings. The van der Waals surface area contributed by atoms with E-state index in [1.165, 1.54) is 23.1 Å². The van der Waals surface area contributed by atoms with Gasteiger partial charge >= 0.3 is 0 Å². The Morgan fingerprint density at radius 2 is 1.89 bits per heavy atom. The molecule has 2 N–H and O–H groups in total. The number of carbonyl (C=O) groups is 1. The van der Waals surface area contributed by atoms with E-state index in [1.54, 1.807) is 6.07 Å². The Morgan fingerprint density at radius 3 is 2.42 bits per heavy atom. The minimum atomic E-state index is -0.521. The van der Waals surface area contributed by atoms with Crippen LogP contribution in [0.3, 0.4) is 0 Å². The van der Waals surface area contributed by atoms with Crippen molar-refractivity contribution in [3.8, 4) is 0 Å². The second-order valence-electron chi connectivity index (χ2n) is 3.93. The van der Waals surface area contributed by atoms with Crippen LogP contribution < -0.4 is 0 Å². The first-order valence-corrected chi connectivity index (χ1v) is 5.81. The van der Waals surface area contributed by atoms with Crippen molar-refractivity contribution in [3.63, 3.8) is 0 Å². The molecule has 1 rings (SSSR count).